The lowest BCUT2D eigenvalue weighted by Crippen LogP contribution is -2.96. The average molecular weight is 415 g/mol. The Bertz CT molecular complexity index is 1150. The number of anilines is 2. The van der Waals surface area contributed by atoms with E-state index in [-0.39, 0.29) is 38.4 Å². The molecule has 1 aromatic heterocycles. The van der Waals surface area contributed by atoms with E-state index in [2.05, 4.69) is 31.1 Å². The van der Waals surface area contributed by atoms with Crippen molar-refractivity contribution in [2.45, 2.75) is 33.1 Å². The molecule has 0 unspecified atom stereocenters. The lowest BCUT2D eigenvalue weighted by atomic mass is 9.87. The number of hydrogen-bond donors (Lipinski definition) is 3. The third-order valence-electron chi connectivity index (χ3n) is 4.67. The maximum absolute atomic E-state index is 12.9. The fraction of sp³-hybridized carbons (Fsp3) is 0.238. The molecule has 0 amide bonds. The number of carbonyl (C=O) groups is 1. The van der Waals surface area contributed by atoms with E-state index in [1.165, 1.54) is 13.0 Å². The summed E-state index contributed by atoms with van der Waals surface area (Å²) in [5, 5.41) is 24.0. The molecule has 2 aromatic carbocycles. The number of rotatable bonds is 4. The first kappa shape index (κ1) is 21.0. The molecule has 0 aliphatic rings. The molecule has 0 atom stereocenters. The van der Waals surface area contributed by atoms with Crippen molar-refractivity contribution in [3.05, 3.63) is 73.2 Å². The highest BCUT2D eigenvalue weighted by molar-refractivity contribution is 6.35. The standard InChI is InChI=1S/C21H21ClN3O4/c1-11(26)17-19(27)15-9-14(25(28)29)10-16(22)18(15)24-20(17)23-13-7-5-12(6-8-13)21(2,3)4/h5-10,25H,1-4H3,(H2,23,24,27)/q-1. The number of hydrogen-bond acceptors (Lipinski definition) is 5. The topological polar surface area (TPSA) is 113 Å². The normalized spacial score (nSPS) is 11.9. The molecule has 0 fully saturated rings. The number of benzene rings is 2. The van der Waals surface area contributed by atoms with Crippen LogP contribution >= 0.6 is 11.6 Å². The third-order valence-corrected chi connectivity index (χ3v) is 4.97. The Labute approximate surface area is 172 Å². The number of Topliss-reactive ketones (excluding diaryl/α,β-unsaturated/α-hetero) is 1. The number of carbonyl (C=O) groups excluding carboxylic acids is 1. The van der Waals surface area contributed by atoms with Crippen LogP contribution in [0.25, 0.3) is 10.9 Å². The maximum Gasteiger partial charge on any atom is 0.202 e. The van der Waals surface area contributed by atoms with Crippen LogP contribution in [0.15, 0.2) is 41.2 Å². The van der Waals surface area contributed by atoms with E-state index in [4.69, 9.17) is 11.6 Å². The van der Waals surface area contributed by atoms with Crippen LogP contribution in [0.4, 0.5) is 17.2 Å². The van der Waals surface area contributed by atoms with E-state index in [9.17, 15) is 20.0 Å². The highest BCUT2D eigenvalue weighted by Gasteiger charge is 2.19. The van der Waals surface area contributed by atoms with Crippen molar-refractivity contribution in [1.29, 1.82) is 0 Å². The SMILES string of the molecule is CC(=O)c1c(Nc2ccc(C(C)(C)C)cc2)[nH]c2c(Cl)cc([NH+]([O-])[O-])cc2c1=O. The van der Waals surface area contributed by atoms with Crippen molar-refractivity contribution in [2.75, 3.05) is 5.32 Å². The predicted molar refractivity (Wildman–Crippen MR) is 115 cm³/mol. The molecule has 0 aliphatic heterocycles. The van der Waals surface area contributed by atoms with Gasteiger partial charge in [0.25, 0.3) is 0 Å². The molecule has 7 nitrogen and oxygen atoms in total. The van der Waals surface area contributed by atoms with Crippen LogP contribution in [0, 0.1) is 10.4 Å². The van der Waals surface area contributed by atoms with Crippen molar-refractivity contribution in [3.63, 3.8) is 0 Å². The largest absolute Gasteiger partial charge is 0.628 e. The summed E-state index contributed by atoms with van der Waals surface area (Å²) >= 11 is 6.18. The molecule has 3 rings (SSSR count). The van der Waals surface area contributed by atoms with E-state index in [1.54, 1.807) is 0 Å². The first-order chi connectivity index (χ1) is 13.5. The summed E-state index contributed by atoms with van der Waals surface area (Å²) in [4.78, 5) is 28.1. The zero-order valence-corrected chi connectivity index (χ0v) is 17.2. The maximum atomic E-state index is 12.9. The first-order valence-electron chi connectivity index (χ1n) is 8.98. The Morgan fingerprint density at radius 1 is 1.14 bits per heavy atom. The molecule has 0 saturated carbocycles. The van der Waals surface area contributed by atoms with Gasteiger partial charge in [-0.25, -0.2) is 0 Å². The second-order valence-corrected chi connectivity index (χ2v) is 8.29. The molecule has 0 aliphatic carbocycles. The van der Waals surface area contributed by atoms with Crippen molar-refractivity contribution in [2.24, 2.45) is 0 Å². The number of halogens is 1. The van der Waals surface area contributed by atoms with Crippen molar-refractivity contribution >= 4 is 45.5 Å². The van der Waals surface area contributed by atoms with Crippen LogP contribution in [0.5, 0.6) is 0 Å². The van der Waals surface area contributed by atoms with Gasteiger partial charge in [-0.1, -0.05) is 44.5 Å². The minimum Gasteiger partial charge on any atom is -0.628 e. The lowest BCUT2D eigenvalue weighted by molar-refractivity contribution is -0.715. The average Bonchev–Trinajstić information content (AvgIpc) is 2.61. The van der Waals surface area contributed by atoms with Gasteiger partial charge in [-0.3, -0.25) is 9.59 Å². The monoisotopic (exact) mass is 414 g/mol. The van der Waals surface area contributed by atoms with E-state index < -0.39 is 16.4 Å². The van der Waals surface area contributed by atoms with Gasteiger partial charge in [0.15, 0.2) is 5.78 Å². The zero-order chi connectivity index (χ0) is 21.5. The van der Waals surface area contributed by atoms with Gasteiger partial charge in [-0.15, -0.1) is 0 Å². The number of fused-ring (bicyclic) bond motifs is 1. The lowest BCUT2D eigenvalue weighted by Gasteiger charge is -2.25. The van der Waals surface area contributed by atoms with Gasteiger partial charge >= 0.3 is 0 Å². The van der Waals surface area contributed by atoms with Crippen molar-refractivity contribution in [1.82, 2.24) is 4.98 Å². The molecule has 1 heterocycles. The number of ketones is 1. The number of aromatic nitrogens is 1. The highest BCUT2D eigenvalue weighted by atomic mass is 35.5. The Hall–Kier alpha value is -2.71. The van der Waals surface area contributed by atoms with E-state index in [1.807, 2.05) is 24.3 Å². The molecule has 0 spiro atoms. The molecular formula is C21H21ClN3O4-. The summed E-state index contributed by atoms with van der Waals surface area (Å²) in [6.45, 7) is 7.58. The van der Waals surface area contributed by atoms with Crippen LogP contribution in [0.3, 0.4) is 0 Å². The summed E-state index contributed by atoms with van der Waals surface area (Å²) in [6.07, 6.45) is 0. The molecule has 0 bridgehead atoms. The van der Waals surface area contributed by atoms with Gasteiger partial charge in [0.2, 0.25) is 5.43 Å². The second-order valence-electron chi connectivity index (χ2n) is 7.88. The first-order valence-corrected chi connectivity index (χ1v) is 9.36. The minimum absolute atomic E-state index is 0.00936. The molecule has 152 valence electrons. The van der Waals surface area contributed by atoms with Crippen LogP contribution in [-0.2, 0) is 5.41 Å². The van der Waals surface area contributed by atoms with E-state index in [0.717, 1.165) is 11.6 Å². The van der Waals surface area contributed by atoms with Gasteiger partial charge in [0.1, 0.15) is 17.1 Å². The number of aromatic amines is 1. The molecule has 29 heavy (non-hydrogen) atoms. The van der Waals surface area contributed by atoms with Gasteiger partial charge in [0.05, 0.1) is 15.9 Å². The molecule has 8 heteroatoms. The Kier molecular flexibility index (Phi) is 5.51. The molecule has 3 N–H and O–H groups in total. The number of pyridine rings is 1. The van der Waals surface area contributed by atoms with Crippen LogP contribution < -0.4 is 16.0 Å². The summed E-state index contributed by atoms with van der Waals surface area (Å²) in [5.41, 5.74) is 1.10. The van der Waals surface area contributed by atoms with E-state index >= 15 is 0 Å². The summed E-state index contributed by atoms with van der Waals surface area (Å²) in [7, 11) is 0. The summed E-state index contributed by atoms with van der Waals surface area (Å²) in [5.74, 6) is -0.265. The summed E-state index contributed by atoms with van der Waals surface area (Å²) in [6, 6.07) is 10.00. The fourth-order valence-electron chi connectivity index (χ4n) is 3.09. The molecule has 3 aromatic rings. The van der Waals surface area contributed by atoms with Gasteiger partial charge in [0, 0.05) is 17.8 Å². The number of nitrogens with one attached hydrogen (secondary N) is 3. The third kappa shape index (κ3) is 4.18. The number of H-pyrrole nitrogens is 1. The van der Waals surface area contributed by atoms with E-state index in [0.29, 0.717) is 5.69 Å². The molecule has 0 saturated heterocycles. The number of quaternary nitrogens is 1. The van der Waals surface area contributed by atoms with Crippen LogP contribution in [-0.4, -0.2) is 10.8 Å². The van der Waals surface area contributed by atoms with Gasteiger partial charge in [-0.05, 0) is 30.0 Å². The molecular weight excluding hydrogens is 394 g/mol. The molecule has 0 radical (unpaired) electrons. The Morgan fingerprint density at radius 2 is 1.76 bits per heavy atom. The van der Waals surface area contributed by atoms with Crippen LogP contribution in [0.2, 0.25) is 5.02 Å². The summed E-state index contributed by atoms with van der Waals surface area (Å²) < 4.78 is 0. The van der Waals surface area contributed by atoms with Crippen molar-refractivity contribution < 1.29 is 10.0 Å². The smallest absolute Gasteiger partial charge is 0.202 e. The van der Waals surface area contributed by atoms with Gasteiger partial charge in [-0.2, -0.15) is 0 Å². The van der Waals surface area contributed by atoms with Crippen LogP contribution in [0.1, 0.15) is 43.6 Å². The minimum atomic E-state index is -1.46. The second kappa shape index (κ2) is 7.61. The predicted octanol–water partition coefficient (Wildman–Crippen LogP) is 3.94. The Morgan fingerprint density at radius 3 is 2.28 bits per heavy atom. The highest BCUT2D eigenvalue weighted by Crippen LogP contribution is 2.28. The van der Waals surface area contributed by atoms with Gasteiger partial charge < -0.3 is 25.9 Å². The zero-order valence-electron chi connectivity index (χ0n) is 16.5. The quantitative estimate of drug-likeness (QED) is 0.442. The van der Waals surface area contributed by atoms with Crippen molar-refractivity contribution in [3.8, 4) is 0 Å². The fourth-order valence-corrected chi connectivity index (χ4v) is 3.36. The Balaban J connectivity index is 2.16.